The maximum atomic E-state index is 14.1. The van der Waals surface area contributed by atoms with Gasteiger partial charge in [-0.25, -0.2) is 0 Å². The predicted molar refractivity (Wildman–Crippen MR) is 118 cm³/mol. The fourth-order valence-electron chi connectivity index (χ4n) is 6.63. The van der Waals surface area contributed by atoms with E-state index in [2.05, 4.69) is 0 Å². The summed E-state index contributed by atoms with van der Waals surface area (Å²) in [6, 6.07) is 7.05. The molecule has 2 aliphatic heterocycles. The van der Waals surface area contributed by atoms with Crippen LogP contribution in [0.4, 0.5) is 13.2 Å². The highest BCUT2D eigenvalue weighted by Crippen LogP contribution is 2.53. The average Bonchev–Trinajstić information content (AvgIpc) is 3.31. The van der Waals surface area contributed by atoms with Crippen molar-refractivity contribution in [3.8, 4) is 5.75 Å². The van der Waals surface area contributed by atoms with Crippen molar-refractivity contribution in [1.29, 1.82) is 0 Å². The van der Waals surface area contributed by atoms with Gasteiger partial charge in [0.25, 0.3) is 5.91 Å². The number of ether oxygens (including phenoxy) is 1. The molecule has 180 valence electrons. The Hall–Kier alpha value is -2.77. The van der Waals surface area contributed by atoms with Crippen molar-refractivity contribution in [3.05, 3.63) is 41.5 Å². The summed E-state index contributed by atoms with van der Waals surface area (Å²) >= 11 is 0. The molecule has 6 rings (SSSR count). The lowest BCUT2D eigenvalue weighted by Crippen LogP contribution is -2.47. The molecule has 2 aromatic rings. The minimum atomic E-state index is -4.58. The average molecular weight is 473 g/mol. The zero-order chi connectivity index (χ0) is 23.8. The molecule has 4 atom stereocenters. The number of hydrogen-bond acceptors (Lipinski definition) is 3. The number of hydrogen-bond donors (Lipinski definition) is 1. The number of rotatable bonds is 4. The number of piperidine rings is 1. The van der Waals surface area contributed by atoms with E-state index in [1.807, 2.05) is 0 Å². The first-order valence-corrected chi connectivity index (χ1v) is 12.0. The second kappa shape index (κ2) is 7.62. The van der Waals surface area contributed by atoms with Crippen LogP contribution in [-0.4, -0.2) is 40.1 Å². The normalized spacial score (nSPS) is 32.0. The lowest BCUT2D eigenvalue weighted by molar-refractivity contribution is -0.144. The fraction of sp³-hybridized carbons (Fsp3) is 0.538. The number of halogens is 3. The van der Waals surface area contributed by atoms with E-state index in [1.54, 1.807) is 11.0 Å². The lowest BCUT2D eigenvalue weighted by Gasteiger charge is -2.37. The van der Waals surface area contributed by atoms with E-state index in [1.165, 1.54) is 24.3 Å². The molecule has 2 bridgehead atoms. The summed E-state index contributed by atoms with van der Waals surface area (Å²) in [5, 5.41) is 9.74. The number of amides is 1. The lowest BCUT2D eigenvalue weighted by atomic mass is 9.90. The Morgan fingerprint density at radius 2 is 1.62 bits per heavy atom. The Bertz CT molecular complexity index is 1150. The minimum absolute atomic E-state index is 0.0252. The number of benzene rings is 2. The molecule has 0 spiro atoms. The van der Waals surface area contributed by atoms with Crippen LogP contribution in [-0.2, 0) is 11.0 Å². The van der Waals surface area contributed by atoms with Crippen molar-refractivity contribution in [2.24, 2.45) is 17.8 Å². The molecule has 2 aliphatic carbocycles. The minimum Gasteiger partial charge on any atom is -0.490 e. The van der Waals surface area contributed by atoms with Crippen LogP contribution in [0.1, 0.15) is 60.9 Å². The van der Waals surface area contributed by atoms with E-state index < -0.39 is 23.6 Å². The number of carboxylic acids is 1. The van der Waals surface area contributed by atoms with Gasteiger partial charge in [-0.15, -0.1) is 0 Å². The summed E-state index contributed by atoms with van der Waals surface area (Å²) in [4.78, 5) is 26.5. The van der Waals surface area contributed by atoms with Gasteiger partial charge in [0.2, 0.25) is 0 Å². The molecular weight excluding hydrogens is 447 g/mol. The van der Waals surface area contributed by atoms with E-state index in [0.717, 1.165) is 32.1 Å². The summed E-state index contributed by atoms with van der Waals surface area (Å²) in [7, 11) is 0. The van der Waals surface area contributed by atoms with Gasteiger partial charge < -0.3 is 14.7 Å². The van der Waals surface area contributed by atoms with Gasteiger partial charge in [-0.05, 0) is 85.8 Å². The molecule has 34 heavy (non-hydrogen) atoms. The second-order valence-electron chi connectivity index (χ2n) is 10.4. The summed E-state index contributed by atoms with van der Waals surface area (Å²) < 4.78 is 48.1. The number of carbonyl (C=O) groups excluding carboxylic acids is 1. The first-order chi connectivity index (χ1) is 16.2. The van der Waals surface area contributed by atoms with E-state index in [4.69, 9.17) is 4.74 Å². The summed E-state index contributed by atoms with van der Waals surface area (Å²) in [5.41, 5.74) is -0.456. The number of fused-ring (bicyclic) bond motifs is 4. The molecular formula is C26H26F3NO4. The topological polar surface area (TPSA) is 66.8 Å². The first kappa shape index (κ1) is 21.7. The second-order valence-corrected chi connectivity index (χ2v) is 10.4. The molecule has 2 saturated carbocycles. The molecule has 1 N–H and O–H groups in total. The van der Waals surface area contributed by atoms with Crippen LogP contribution in [0.3, 0.4) is 0 Å². The summed E-state index contributed by atoms with van der Waals surface area (Å²) in [5.74, 6) is -0.455. The van der Waals surface area contributed by atoms with Crippen molar-refractivity contribution in [2.75, 3.05) is 0 Å². The van der Waals surface area contributed by atoms with Crippen molar-refractivity contribution < 1.29 is 32.6 Å². The molecule has 2 heterocycles. The van der Waals surface area contributed by atoms with Gasteiger partial charge in [0, 0.05) is 17.6 Å². The van der Waals surface area contributed by atoms with E-state index in [-0.39, 0.29) is 35.2 Å². The Balaban J connectivity index is 1.30. The third-order valence-corrected chi connectivity index (χ3v) is 8.32. The van der Waals surface area contributed by atoms with Gasteiger partial charge in [0.1, 0.15) is 11.3 Å². The molecule has 4 fully saturated rings. The van der Waals surface area contributed by atoms with Crippen molar-refractivity contribution in [3.63, 3.8) is 0 Å². The van der Waals surface area contributed by atoms with E-state index >= 15 is 0 Å². The van der Waals surface area contributed by atoms with Crippen LogP contribution in [0.25, 0.3) is 10.8 Å². The van der Waals surface area contributed by atoms with Crippen LogP contribution in [0.15, 0.2) is 30.3 Å². The van der Waals surface area contributed by atoms with Crippen LogP contribution in [0, 0.1) is 17.8 Å². The molecule has 4 aliphatic rings. The highest BCUT2D eigenvalue weighted by atomic mass is 19.4. The number of aliphatic carboxylic acids is 1. The Kier molecular flexibility index (Phi) is 4.87. The van der Waals surface area contributed by atoms with Gasteiger partial charge in [-0.1, -0.05) is 12.1 Å². The van der Waals surface area contributed by atoms with Crippen LogP contribution in [0.2, 0.25) is 0 Å². The molecule has 5 nitrogen and oxygen atoms in total. The maximum absolute atomic E-state index is 14.1. The summed E-state index contributed by atoms with van der Waals surface area (Å²) in [6.45, 7) is 0. The maximum Gasteiger partial charge on any atom is 0.420 e. The highest BCUT2D eigenvalue weighted by molar-refractivity contribution is 6.00. The summed E-state index contributed by atoms with van der Waals surface area (Å²) in [6.07, 6.45) is 0.399. The Morgan fingerprint density at radius 3 is 2.24 bits per heavy atom. The van der Waals surface area contributed by atoms with E-state index in [9.17, 15) is 27.9 Å². The zero-order valence-electron chi connectivity index (χ0n) is 18.6. The fourth-order valence-corrected chi connectivity index (χ4v) is 6.63. The van der Waals surface area contributed by atoms with Crippen LogP contribution < -0.4 is 4.74 Å². The molecule has 0 radical (unpaired) electrons. The van der Waals surface area contributed by atoms with Gasteiger partial charge in [-0.2, -0.15) is 13.2 Å². The number of carboxylic acid groups (broad SMARTS) is 1. The molecule has 2 saturated heterocycles. The third-order valence-electron chi connectivity index (χ3n) is 8.32. The van der Waals surface area contributed by atoms with Crippen molar-refractivity contribution >= 4 is 22.6 Å². The first-order valence-electron chi connectivity index (χ1n) is 12.0. The van der Waals surface area contributed by atoms with Crippen LogP contribution in [0.5, 0.6) is 5.75 Å². The predicted octanol–water partition coefficient (Wildman–Crippen LogP) is 5.50. The molecule has 0 aromatic heterocycles. The standard InChI is InChI=1S/C26H26F3NO4/c27-26(28,29)23-21-5-1-14(24(31)30-18-3-4-19(30)10-17(9-18)25(32)33)7-13(21)2-6-22(23)34-20-11-15-8-16(15)12-20/h1-2,5-7,15-20H,3-4,8-12H2,(H,32,33). The largest absolute Gasteiger partial charge is 0.490 e. The van der Waals surface area contributed by atoms with Crippen molar-refractivity contribution in [2.45, 2.75) is 69.3 Å². The smallest absolute Gasteiger partial charge is 0.420 e. The van der Waals surface area contributed by atoms with Gasteiger partial charge in [-0.3, -0.25) is 9.59 Å². The highest BCUT2D eigenvalue weighted by Gasteiger charge is 2.48. The molecule has 1 amide bonds. The monoisotopic (exact) mass is 473 g/mol. The molecule has 2 aromatic carbocycles. The number of carbonyl (C=O) groups is 2. The Morgan fingerprint density at radius 1 is 0.941 bits per heavy atom. The molecule has 4 unspecified atom stereocenters. The van der Waals surface area contributed by atoms with Crippen molar-refractivity contribution in [1.82, 2.24) is 4.90 Å². The van der Waals surface area contributed by atoms with E-state index in [0.29, 0.717) is 35.6 Å². The zero-order valence-corrected chi connectivity index (χ0v) is 18.6. The third kappa shape index (κ3) is 3.62. The van der Waals surface area contributed by atoms with Gasteiger partial charge in [0.15, 0.2) is 0 Å². The quantitative estimate of drug-likeness (QED) is 0.637. The number of alkyl halides is 3. The van der Waals surface area contributed by atoms with Gasteiger partial charge >= 0.3 is 12.1 Å². The van der Waals surface area contributed by atoms with Gasteiger partial charge in [0.05, 0.1) is 12.0 Å². The van der Waals surface area contributed by atoms with Crippen LogP contribution >= 0.6 is 0 Å². The Labute approximate surface area is 194 Å². The molecule has 8 heteroatoms. The number of nitrogens with zero attached hydrogens (tertiary/aromatic N) is 1. The SMILES string of the molecule is O=C(O)C1CC2CCC(C1)N2C(=O)c1ccc2c(C(F)(F)F)c(OC3CC4CC4C3)ccc2c1.